The van der Waals surface area contributed by atoms with E-state index < -0.39 is 11.7 Å². The Morgan fingerprint density at radius 1 is 1.40 bits per heavy atom. The van der Waals surface area contributed by atoms with Crippen LogP contribution in [0.25, 0.3) is 0 Å². The number of nitrogens with one attached hydrogen (secondary N) is 1. The van der Waals surface area contributed by atoms with Gasteiger partial charge in [0.15, 0.2) is 0 Å². The van der Waals surface area contributed by atoms with E-state index in [0.717, 1.165) is 19.4 Å². The van der Waals surface area contributed by atoms with Crippen LogP contribution < -0.4 is 15.0 Å². The number of hydrogen-bond acceptors (Lipinski definition) is 6. The maximum absolute atomic E-state index is 12.0. The molecule has 0 bridgehead atoms. The molecule has 1 aromatic rings. The van der Waals surface area contributed by atoms with Crippen LogP contribution in [0.3, 0.4) is 0 Å². The summed E-state index contributed by atoms with van der Waals surface area (Å²) < 4.78 is 10.9. The number of amides is 1. The molecular formula is C17H27ClN4O3. The zero-order valence-corrected chi connectivity index (χ0v) is 16.3. The van der Waals surface area contributed by atoms with Crippen molar-refractivity contribution in [2.24, 2.45) is 0 Å². The van der Waals surface area contributed by atoms with Crippen molar-refractivity contribution in [3.63, 3.8) is 0 Å². The van der Waals surface area contributed by atoms with Crippen molar-refractivity contribution in [3.05, 3.63) is 11.2 Å². The number of aromatic nitrogens is 2. The number of ether oxygens (including phenoxy) is 2. The summed E-state index contributed by atoms with van der Waals surface area (Å²) in [5, 5.41) is 3.26. The van der Waals surface area contributed by atoms with Gasteiger partial charge < -0.3 is 19.7 Å². The van der Waals surface area contributed by atoms with E-state index in [2.05, 4.69) is 20.2 Å². The number of carbonyl (C=O) groups is 1. The summed E-state index contributed by atoms with van der Waals surface area (Å²) in [6, 6.07) is 1.97. The van der Waals surface area contributed by atoms with Crippen molar-refractivity contribution in [2.45, 2.75) is 65.2 Å². The summed E-state index contributed by atoms with van der Waals surface area (Å²) in [5.41, 5.74) is -0.512. The van der Waals surface area contributed by atoms with E-state index in [-0.39, 0.29) is 18.2 Å². The van der Waals surface area contributed by atoms with Gasteiger partial charge in [0.25, 0.3) is 0 Å². The van der Waals surface area contributed by atoms with Crippen molar-refractivity contribution in [3.8, 4) is 6.01 Å². The quantitative estimate of drug-likeness (QED) is 0.818. The first-order valence-corrected chi connectivity index (χ1v) is 8.96. The summed E-state index contributed by atoms with van der Waals surface area (Å²) in [6.07, 6.45) is 1.39. The first-order valence-electron chi connectivity index (χ1n) is 8.58. The highest BCUT2D eigenvalue weighted by atomic mass is 35.5. The van der Waals surface area contributed by atoms with E-state index in [9.17, 15) is 4.79 Å². The summed E-state index contributed by atoms with van der Waals surface area (Å²) >= 11 is 6.10. The second-order valence-corrected chi connectivity index (χ2v) is 7.82. The van der Waals surface area contributed by atoms with Crippen molar-refractivity contribution in [1.29, 1.82) is 0 Å². The van der Waals surface area contributed by atoms with E-state index in [0.29, 0.717) is 17.5 Å². The van der Waals surface area contributed by atoms with Crippen molar-refractivity contribution >= 4 is 23.5 Å². The molecule has 0 radical (unpaired) electrons. The molecule has 1 amide bonds. The first kappa shape index (κ1) is 19.6. The highest BCUT2D eigenvalue weighted by Gasteiger charge is 2.25. The second kappa shape index (κ2) is 8.08. The number of anilines is 1. The molecule has 1 aliphatic rings. The number of hydrogen-bond donors (Lipinski definition) is 1. The largest absolute Gasteiger partial charge is 0.461 e. The molecule has 140 valence electrons. The van der Waals surface area contributed by atoms with Gasteiger partial charge in [0, 0.05) is 25.2 Å². The van der Waals surface area contributed by atoms with Gasteiger partial charge in [-0.3, -0.25) is 0 Å². The Morgan fingerprint density at radius 3 is 2.76 bits per heavy atom. The fourth-order valence-electron chi connectivity index (χ4n) is 2.59. The van der Waals surface area contributed by atoms with Crippen LogP contribution in [0.2, 0.25) is 5.15 Å². The predicted molar refractivity (Wildman–Crippen MR) is 97.4 cm³/mol. The molecule has 0 spiro atoms. The van der Waals surface area contributed by atoms with Gasteiger partial charge >= 0.3 is 12.1 Å². The van der Waals surface area contributed by atoms with Crippen LogP contribution in [0.1, 0.15) is 47.5 Å². The van der Waals surface area contributed by atoms with Crippen molar-refractivity contribution < 1.29 is 14.3 Å². The number of rotatable bonds is 4. The van der Waals surface area contributed by atoms with Crippen LogP contribution in [0, 0.1) is 0 Å². The van der Waals surface area contributed by atoms with E-state index in [1.807, 2.05) is 34.6 Å². The number of alkyl carbamates (subject to hydrolysis) is 1. The molecule has 8 heteroatoms. The molecule has 1 N–H and O–H groups in total. The third-order valence-corrected chi connectivity index (χ3v) is 3.66. The van der Waals surface area contributed by atoms with Crippen LogP contribution in [-0.2, 0) is 4.74 Å². The van der Waals surface area contributed by atoms with Crippen LogP contribution in [0.15, 0.2) is 6.07 Å². The summed E-state index contributed by atoms with van der Waals surface area (Å²) in [4.78, 5) is 22.6. The highest BCUT2D eigenvalue weighted by Crippen LogP contribution is 2.23. The van der Waals surface area contributed by atoms with E-state index in [4.69, 9.17) is 21.1 Å². The zero-order valence-electron chi connectivity index (χ0n) is 15.5. The Morgan fingerprint density at radius 2 is 2.12 bits per heavy atom. The molecule has 25 heavy (non-hydrogen) atoms. The van der Waals surface area contributed by atoms with Crippen molar-refractivity contribution in [2.75, 3.05) is 18.0 Å². The predicted octanol–water partition coefficient (Wildman–Crippen LogP) is 3.41. The van der Waals surface area contributed by atoms with Crippen LogP contribution in [-0.4, -0.2) is 46.9 Å². The monoisotopic (exact) mass is 370 g/mol. The van der Waals surface area contributed by atoms with Gasteiger partial charge in [-0.1, -0.05) is 11.6 Å². The molecule has 1 unspecified atom stereocenters. The molecule has 0 saturated carbocycles. The molecular weight excluding hydrogens is 344 g/mol. The standard InChI is InChI=1S/C17H27ClN4O3/c1-11(2)24-15-20-13(18)9-14(21-15)22-8-6-7-12(10-22)19-16(23)25-17(3,4)5/h9,11-12H,6-8,10H2,1-5H3,(H,19,23). The molecule has 2 rings (SSSR count). The third-order valence-electron chi connectivity index (χ3n) is 3.47. The number of nitrogens with zero attached hydrogens (tertiary/aromatic N) is 3. The average Bonchev–Trinajstić information content (AvgIpc) is 2.44. The van der Waals surface area contributed by atoms with Gasteiger partial charge in [-0.2, -0.15) is 9.97 Å². The molecule has 1 aliphatic heterocycles. The third kappa shape index (κ3) is 6.57. The molecule has 7 nitrogen and oxygen atoms in total. The summed E-state index contributed by atoms with van der Waals surface area (Å²) in [7, 11) is 0. The lowest BCUT2D eigenvalue weighted by molar-refractivity contribution is 0.0500. The Kier molecular flexibility index (Phi) is 6.32. The Balaban J connectivity index is 2.03. The fraction of sp³-hybridized carbons (Fsp3) is 0.706. The van der Waals surface area contributed by atoms with E-state index >= 15 is 0 Å². The minimum Gasteiger partial charge on any atom is -0.461 e. The lowest BCUT2D eigenvalue weighted by atomic mass is 10.1. The van der Waals surface area contributed by atoms with Crippen LogP contribution in [0.4, 0.5) is 10.6 Å². The lowest BCUT2D eigenvalue weighted by Gasteiger charge is -2.34. The maximum atomic E-state index is 12.0. The Hall–Kier alpha value is -1.76. The number of carbonyl (C=O) groups excluding carboxylic acids is 1. The second-order valence-electron chi connectivity index (χ2n) is 7.43. The fourth-order valence-corrected chi connectivity index (χ4v) is 2.76. The molecule has 0 aromatic carbocycles. The smallest absolute Gasteiger partial charge is 0.407 e. The normalized spacial score (nSPS) is 18.2. The SMILES string of the molecule is CC(C)Oc1nc(Cl)cc(N2CCCC(NC(=O)OC(C)(C)C)C2)n1. The van der Waals surface area contributed by atoms with Gasteiger partial charge in [-0.15, -0.1) is 0 Å². The molecule has 2 heterocycles. The first-order chi connectivity index (χ1) is 11.6. The van der Waals surface area contributed by atoms with Gasteiger partial charge in [-0.25, -0.2) is 4.79 Å². The van der Waals surface area contributed by atoms with Crippen molar-refractivity contribution in [1.82, 2.24) is 15.3 Å². The van der Waals surface area contributed by atoms with Crippen LogP contribution in [0.5, 0.6) is 6.01 Å². The minimum absolute atomic E-state index is 0.00759. The summed E-state index contributed by atoms with van der Waals surface area (Å²) in [5.74, 6) is 0.700. The molecule has 1 atom stereocenters. The Labute approximate surface area is 154 Å². The molecule has 1 saturated heterocycles. The lowest BCUT2D eigenvalue weighted by Crippen LogP contribution is -2.49. The topological polar surface area (TPSA) is 76.6 Å². The zero-order chi connectivity index (χ0) is 18.6. The van der Waals surface area contributed by atoms with Crippen LogP contribution >= 0.6 is 11.6 Å². The number of halogens is 1. The maximum Gasteiger partial charge on any atom is 0.407 e. The van der Waals surface area contributed by atoms with E-state index in [1.165, 1.54) is 0 Å². The summed E-state index contributed by atoms with van der Waals surface area (Å²) in [6.45, 7) is 10.8. The molecule has 0 aliphatic carbocycles. The van der Waals surface area contributed by atoms with Gasteiger partial charge in [0.05, 0.1) is 6.10 Å². The van der Waals surface area contributed by atoms with E-state index in [1.54, 1.807) is 6.07 Å². The van der Waals surface area contributed by atoms with Gasteiger partial charge in [0.1, 0.15) is 16.6 Å². The van der Waals surface area contributed by atoms with Gasteiger partial charge in [-0.05, 0) is 47.5 Å². The molecule has 1 fully saturated rings. The number of piperidine rings is 1. The minimum atomic E-state index is -0.512. The molecule has 1 aromatic heterocycles. The highest BCUT2D eigenvalue weighted by molar-refractivity contribution is 6.29. The van der Waals surface area contributed by atoms with Gasteiger partial charge in [0.2, 0.25) is 0 Å². The average molecular weight is 371 g/mol. The Bertz CT molecular complexity index is 604.